The molecule has 2 rings (SSSR count). The number of allylic oxidation sites excluding steroid dienone is 1. The fourth-order valence-corrected chi connectivity index (χ4v) is 2.54. The highest BCUT2D eigenvalue weighted by Crippen LogP contribution is 2.29. The van der Waals surface area contributed by atoms with E-state index in [1.165, 1.54) is 12.0 Å². The van der Waals surface area contributed by atoms with Crippen LogP contribution in [0.25, 0.3) is 0 Å². The third-order valence-electron chi connectivity index (χ3n) is 3.73. The molecule has 0 heterocycles. The zero-order valence-corrected chi connectivity index (χ0v) is 11.2. The Kier molecular flexibility index (Phi) is 4.66. The topological polar surface area (TPSA) is 38.0 Å². The Bertz CT molecular complexity index is 483. The average Bonchev–Trinajstić information content (AvgIpc) is 2.44. The van der Waals surface area contributed by atoms with Crippen LogP contribution in [0, 0.1) is 18.6 Å². The molecule has 0 spiro atoms. The lowest BCUT2D eigenvalue weighted by molar-refractivity contribution is 0.456. The fraction of sp³-hybridized carbons (Fsp3) is 0.467. The van der Waals surface area contributed by atoms with Crippen molar-refractivity contribution in [2.45, 2.75) is 45.1 Å². The molecule has 2 nitrogen and oxygen atoms in total. The zero-order valence-electron chi connectivity index (χ0n) is 11.2. The summed E-state index contributed by atoms with van der Waals surface area (Å²) in [5.41, 5.74) is 4.50. The van der Waals surface area contributed by atoms with Gasteiger partial charge in [0.15, 0.2) is 11.6 Å². The molecule has 0 amide bonds. The molecule has 0 saturated carbocycles. The molecule has 0 fully saturated rings. The second-order valence-electron chi connectivity index (χ2n) is 5.13. The zero-order chi connectivity index (χ0) is 13.8. The van der Waals surface area contributed by atoms with Gasteiger partial charge in [0, 0.05) is 5.56 Å². The lowest BCUT2D eigenvalue weighted by Gasteiger charge is -2.21. The van der Waals surface area contributed by atoms with E-state index in [2.05, 4.69) is 11.5 Å². The van der Waals surface area contributed by atoms with Gasteiger partial charge in [-0.2, -0.15) is 0 Å². The average molecular weight is 266 g/mol. The van der Waals surface area contributed by atoms with Gasteiger partial charge in [0.05, 0.1) is 6.04 Å². The molecule has 1 unspecified atom stereocenters. The number of benzene rings is 1. The molecule has 1 aliphatic carbocycles. The second kappa shape index (κ2) is 6.26. The molecule has 0 bridgehead atoms. The lowest BCUT2D eigenvalue weighted by atomic mass is 9.91. The Morgan fingerprint density at radius 3 is 2.68 bits per heavy atom. The first-order valence-electron chi connectivity index (χ1n) is 6.72. The quantitative estimate of drug-likeness (QED) is 0.496. The van der Waals surface area contributed by atoms with Gasteiger partial charge in [-0.25, -0.2) is 8.78 Å². The first-order chi connectivity index (χ1) is 9.13. The van der Waals surface area contributed by atoms with Crippen LogP contribution in [0.2, 0.25) is 0 Å². The highest BCUT2D eigenvalue weighted by molar-refractivity contribution is 5.29. The summed E-state index contributed by atoms with van der Waals surface area (Å²) in [6, 6.07) is 2.83. The number of nitrogens with one attached hydrogen (secondary N) is 1. The number of hydrogen-bond donors (Lipinski definition) is 2. The summed E-state index contributed by atoms with van der Waals surface area (Å²) < 4.78 is 27.6. The van der Waals surface area contributed by atoms with Crippen molar-refractivity contribution in [2.24, 2.45) is 5.84 Å². The number of nitrogens with two attached hydrogens (primary N) is 1. The van der Waals surface area contributed by atoms with Crippen LogP contribution < -0.4 is 11.3 Å². The van der Waals surface area contributed by atoms with Crippen molar-refractivity contribution in [2.75, 3.05) is 0 Å². The summed E-state index contributed by atoms with van der Waals surface area (Å²) in [4.78, 5) is 0. The predicted octanol–water partition coefficient (Wildman–Crippen LogP) is 3.67. The van der Waals surface area contributed by atoms with E-state index in [1.54, 1.807) is 19.1 Å². The molecule has 1 aliphatic rings. The van der Waals surface area contributed by atoms with Crippen molar-refractivity contribution in [3.05, 3.63) is 46.5 Å². The molecule has 104 valence electrons. The molecule has 0 radical (unpaired) electrons. The lowest BCUT2D eigenvalue weighted by Crippen LogP contribution is -2.29. The predicted molar refractivity (Wildman–Crippen MR) is 72.3 cm³/mol. The van der Waals surface area contributed by atoms with E-state index in [9.17, 15) is 8.78 Å². The third kappa shape index (κ3) is 3.19. The van der Waals surface area contributed by atoms with Gasteiger partial charge in [0.2, 0.25) is 0 Å². The number of halogens is 2. The maximum Gasteiger partial charge on any atom is 0.163 e. The van der Waals surface area contributed by atoms with Crippen LogP contribution >= 0.6 is 0 Å². The van der Waals surface area contributed by atoms with Crippen LogP contribution in [0.1, 0.15) is 49.3 Å². The number of aryl methyl sites for hydroxylation is 1. The molecular formula is C15H20F2N2. The molecule has 0 saturated heterocycles. The maximum absolute atomic E-state index is 14.0. The van der Waals surface area contributed by atoms with E-state index < -0.39 is 11.6 Å². The van der Waals surface area contributed by atoms with E-state index >= 15 is 0 Å². The number of hydrogen-bond acceptors (Lipinski definition) is 2. The van der Waals surface area contributed by atoms with E-state index in [0.29, 0.717) is 17.5 Å². The standard InChI is InChI=1S/C15H20F2N2/c1-10-7-8-12(15(17)14(10)16)13(19-18)9-11-5-3-2-4-6-11/h5,7-8,13,19H,2-4,6,9,18H2,1H3. The summed E-state index contributed by atoms with van der Waals surface area (Å²) in [6.07, 6.45) is 7.28. The molecule has 0 aliphatic heterocycles. The van der Waals surface area contributed by atoms with Crippen LogP contribution in [-0.4, -0.2) is 0 Å². The Labute approximate surface area is 112 Å². The first kappa shape index (κ1) is 14.2. The van der Waals surface area contributed by atoms with Crippen LogP contribution in [0.5, 0.6) is 0 Å². The first-order valence-corrected chi connectivity index (χ1v) is 6.72. The number of rotatable bonds is 4. The summed E-state index contributed by atoms with van der Waals surface area (Å²) in [6.45, 7) is 1.55. The van der Waals surface area contributed by atoms with Crippen LogP contribution in [0.3, 0.4) is 0 Å². The highest BCUT2D eigenvalue weighted by atomic mass is 19.2. The fourth-order valence-electron chi connectivity index (χ4n) is 2.54. The van der Waals surface area contributed by atoms with Gasteiger partial charge in [-0.05, 0) is 44.6 Å². The third-order valence-corrected chi connectivity index (χ3v) is 3.73. The number of hydrazine groups is 1. The van der Waals surface area contributed by atoms with Crippen molar-refractivity contribution in [3.8, 4) is 0 Å². The summed E-state index contributed by atoms with van der Waals surface area (Å²) in [5.74, 6) is 3.94. The smallest absolute Gasteiger partial charge is 0.163 e. The normalized spacial score (nSPS) is 17.2. The highest BCUT2D eigenvalue weighted by Gasteiger charge is 2.20. The van der Waals surface area contributed by atoms with Crippen molar-refractivity contribution in [1.29, 1.82) is 0 Å². The van der Waals surface area contributed by atoms with Crippen molar-refractivity contribution >= 4 is 0 Å². The Morgan fingerprint density at radius 1 is 1.26 bits per heavy atom. The Balaban J connectivity index is 2.22. The van der Waals surface area contributed by atoms with Gasteiger partial charge in [-0.15, -0.1) is 0 Å². The monoisotopic (exact) mass is 266 g/mol. The molecule has 1 aromatic carbocycles. The second-order valence-corrected chi connectivity index (χ2v) is 5.13. The van der Waals surface area contributed by atoms with E-state index in [0.717, 1.165) is 19.3 Å². The van der Waals surface area contributed by atoms with Gasteiger partial charge < -0.3 is 0 Å². The van der Waals surface area contributed by atoms with Crippen molar-refractivity contribution < 1.29 is 8.78 Å². The molecule has 1 atom stereocenters. The van der Waals surface area contributed by atoms with Crippen LogP contribution in [-0.2, 0) is 0 Å². The van der Waals surface area contributed by atoms with Gasteiger partial charge >= 0.3 is 0 Å². The van der Waals surface area contributed by atoms with Crippen molar-refractivity contribution in [3.63, 3.8) is 0 Å². The Hall–Kier alpha value is -1.26. The molecular weight excluding hydrogens is 246 g/mol. The van der Waals surface area contributed by atoms with Gasteiger partial charge in [0.25, 0.3) is 0 Å². The van der Waals surface area contributed by atoms with Gasteiger partial charge in [-0.3, -0.25) is 11.3 Å². The largest absolute Gasteiger partial charge is 0.271 e. The van der Waals surface area contributed by atoms with Crippen LogP contribution in [0.15, 0.2) is 23.8 Å². The molecule has 1 aromatic rings. The van der Waals surface area contributed by atoms with Crippen LogP contribution in [0.4, 0.5) is 8.78 Å². The SMILES string of the molecule is Cc1ccc(C(CC2=CCCCC2)NN)c(F)c1F. The van der Waals surface area contributed by atoms with E-state index in [1.807, 2.05) is 0 Å². The minimum atomic E-state index is -0.792. The maximum atomic E-state index is 14.0. The summed E-state index contributed by atoms with van der Waals surface area (Å²) in [7, 11) is 0. The molecule has 0 aromatic heterocycles. The van der Waals surface area contributed by atoms with Gasteiger partial charge in [0.1, 0.15) is 0 Å². The van der Waals surface area contributed by atoms with E-state index in [-0.39, 0.29) is 6.04 Å². The molecule has 3 N–H and O–H groups in total. The Morgan fingerprint density at radius 2 is 2.05 bits per heavy atom. The molecule has 4 heteroatoms. The minimum Gasteiger partial charge on any atom is -0.271 e. The van der Waals surface area contributed by atoms with Gasteiger partial charge in [-0.1, -0.05) is 23.8 Å². The van der Waals surface area contributed by atoms with E-state index in [4.69, 9.17) is 5.84 Å². The summed E-state index contributed by atoms with van der Waals surface area (Å²) >= 11 is 0. The minimum absolute atomic E-state index is 0.303. The van der Waals surface area contributed by atoms with Crippen molar-refractivity contribution in [1.82, 2.24) is 5.43 Å². The summed E-state index contributed by atoms with van der Waals surface area (Å²) in [5, 5.41) is 0. The molecule has 19 heavy (non-hydrogen) atoms.